The summed E-state index contributed by atoms with van der Waals surface area (Å²) in [5.74, 6) is -0.194. The molecule has 0 radical (unpaired) electrons. The van der Waals surface area contributed by atoms with E-state index >= 15 is 0 Å². The van der Waals surface area contributed by atoms with Crippen LogP contribution in [0.4, 0.5) is 4.39 Å². The van der Waals surface area contributed by atoms with Gasteiger partial charge in [0.15, 0.2) is 0 Å². The number of aryl methyl sites for hydroxylation is 3. The topological polar surface area (TPSA) is 0 Å². The third-order valence-corrected chi connectivity index (χ3v) is 9.17. The molecule has 0 saturated carbocycles. The van der Waals surface area contributed by atoms with Gasteiger partial charge in [0.25, 0.3) is 0 Å². The van der Waals surface area contributed by atoms with E-state index in [4.69, 9.17) is 0 Å². The van der Waals surface area contributed by atoms with Crippen LogP contribution in [0.15, 0.2) is 109 Å². The quantitative estimate of drug-likeness (QED) is 0.128. The number of benzene rings is 4. The molecular formula is C37H31FS2Zn. The van der Waals surface area contributed by atoms with Crippen LogP contribution in [-0.2, 0) is 32.3 Å². The van der Waals surface area contributed by atoms with Crippen molar-refractivity contribution in [1.82, 2.24) is 0 Å². The van der Waals surface area contributed by atoms with Gasteiger partial charge in [-0.2, -0.15) is 59.7 Å². The first-order valence-electron chi connectivity index (χ1n) is 13.4. The Morgan fingerprint density at radius 2 is 1.00 bits per heavy atom. The van der Waals surface area contributed by atoms with Crippen molar-refractivity contribution in [3.8, 4) is 20.9 Å². The first kappa shape index (κ1) is 30.8. The summed E-state index contributed by atoms with van der Waals surface area (Å²) in [6.07, 6.45) is 1.93. The zero-order chi connectivity index (χ0) is 27.9. The molecule has 0 amide bonds. The maximum Gasteiger partial charge on any atom is 2.00 e. The third kappa shape index (κ3) is 8.43. The second-order valence-corrected chi connectivity index (χ2v) is 12.3. The van der Waals surface area contributed by atoms with Crippen molar-refractivity contribution in [2.45, 2.75) is 33.6 Å². The van der Waals surface area contributed by atoms with Crippen LogP contribution in [-0.4, -0.2) is 0 Å². The van der Waals surface area contributed by atoms with Crippen molar-refractivity contribution in [2.75, 3.05) is 0 Å². The molecule has 4 heteroatoms. The van der Waals surface area contributed by atoms with Crippen LogP contribution in [0.1, 0.15) is 37.6 Å². The Morgan fingerprint density at radius 3 is 1.44 bits per heavy atom. The van der Waals surface area contributed by atoms with Crippen LogP contribution < -0.4 is 0 Å². The van der Waals surface area contributed by atoms with Gasteiger partial charge in [-0.15, -0.1) is 33.8 Å². The maximum atomic E-state index is 12.9. The van der Waals surface area contributed by atoms with Crippen LogP contribution in [0.5, 0.6) is 0 Å². The van der Waals surface area contributed by atoms with Crippen molar-refractivity contribution in [3.63, 3.8) is 0 Å². The molecular weight excluding hydrogens is 593 g/mol. The Labute approximate surface area is 264 Å². The van der Waals surface area contributed by atoms with Gasteiger partial charge in [-0.3, -0.25) is 0 Å². The number of halogens is 1. The summed E-state index contributed by atoms with van der Waals surface area (Å²) < 4.78 is 12.9. The molecule has 0 nitrogen and oxygen atoms in total. The molecule has 4 aromatic carbocycles. The fourth-order valence-electron chi connectivity index (χ4n) is 4.43. The van der Waals surface area contributed by atoms with E-state index in [0.717, 1.165) is 18.4 Å². The Morgan fingerprint density at radius 1 is 0.561 bits per heavy atom. The Kier molecular flexibility index (Phi) is 11.0. The molecule has 0 aliphatic rings. The van der Waals surface area contributed by atoms with Crippen molar-refractivity contribution in [3.05, 3.63) is 165 Å². The van der Waals surface area contributed by atoms with E-state index in [2.05, 4.69) is 99.6 Å². The molecule has 0 unspecified atom stereocenters. The van der Waals surface area contributed by atoms with E-state index in [-0.39, 0.29) is 25.3 Å². The van der Waals surface area contributed by atoms with E-state index in [9.17, 15) is 4.39 Å². The number of hydrogen-bond donors (Lipinski definition) is 0. The van der Waals surface area contributed by atoms with Crippen LogP contribution in [0.25, 0.3) is 20.9 Å². The van der Waals surface area contributed by atoms with E-state index in [1.165, 1.54) is 65.0 Å². The standard InChI is InChI=1S/C19H17S.C18H14FS.Zn/c1-14-7-9-16(10-8-14)19-12-11-18(20-19)13-17-6-4-3-5-15(17)2;1-13-4-2-3-5-15(13)12-17-10-11-18(20-17)14-6-8-16(19)9-7-14;/h3,5-12H,13H2,1-2H3;2,4-11H,12H2,1H3;/q2*-1;+2. The fraction of sp³-hybridized carbons (Fsp3) is 0.135. The average Bonchev–Trinajstić information content (AvgIpc) is 3.63. The maximum absolute atomic E-state index is 12.9. The molecule has 0 aliphatic heterocycles. The van der Waals surface area contributed by atoms with Crippen molar-refractivity contribution in [2.24, 2.45) is 0 Å². The van der Waals surface area contributed by atoms with Gasteiger partial charge in [-0.05, 0) is 77.0 Å². The SMILES string of the molecule is Cc1cc[c-]cc1Cc1ccc(-c2ccc(F)cc2)s1.Cc1ccc(-c2ccc(Cc3c[c-]ccc3C)s2)cc1.[Zn+2]. The summed E-state index contributed by atoms with van der Waals surface area (Å²) in [5.41, 5.74) is 8.99. The molecule has 0 bridgehead atoms. The third-order valence-electron chi connectivity index (χ3n) is 6.90. The van der Waals surface area contributed by atoms with E-state index in [0.29, 0.717) is 0 Å². The average molecular weight is 624 g/mol. The Bertz CT molecular complexity index is 1550. The van der Waals surface area contributed by atoms with Gasteiger partial charge in [0.1, 0.15) is 5.82 Å². The van der Waals surface area contributed by atoms with Gasteiger partial charge in [-0.1, -0.05) is 55.8 Å². The second-order valence-electron chi connectivity index (χ2n) is 9.96. The van der Waals surface area contributed by atoms with Crippen molar-refractivity contribution < 1.29 is 23.9 Å². The van der Waals surface area contributed by atoms with Crippen molar-refractivity contribution in [1.29, 1.82) is 0 Å². The molecule has 0 saturated heterocycles. The Balaban J connectivity index is 0.000000184. The molecule has 6 rings (SSSR count). The molecule has 41 heavy (non-hydrogen) atoms. The van der Waals surface area contributed by atoms with Gasteiger partial charge < -0.3 is 0 Å². The number of hydrogen-bond acceptors (Lipinski definition) is 2. The molecule has 200 valence electrons. The monoisotopic (exact) mass is 622 g/mol. The minimum Gasteiger partial charge on any atom is -0.207 e. The molecule has 0 fully saturated rings. The fourth-order valence-corrected chi connectivity index (χ4v) is 6.50. The first-order valence-corrected chi connectivity index (χ1v) is 15.0. The zero-order valence-corrected chi connectivity index (χ0v) is 28.3. The smallest absolute Gasteiger partial charge is 0.207 e. The predicted octanol–water partition coefficient (Wildman–Crippen LogP) is 10.7. The van der Waals surface area contributed by atoms with E-state index < -0.39 is 0 Å². The molecule has 0 spiro atoms. The summed E-state index contributed by atoms with van der Waals surface area (Å²) in [6.45, 7) is 6.41. The number of rotatable bonds is 6. The summed E-state index contributed by atoms with van der Waals surface area (Å²) in [6, 6.07) is 42.7. The summed E-state index contributed by atoms with van der Waals surface area (Å²) >= 11 is 3.64. The molecule has 0 N–H and O–H groups in total. The molecule has 2 heterocycles. The van der Waals surface area contributed by atoms with Gasteiger partial charge in [0.05, 0.1) is 0 Å². The largest absolute Gasteiger partial charge is 2.00 e. The van der Waals surface area contributed by atoms with Gasteiger partial charge in [0, 0.05) is 9.75 Å². The minimum absolute atomic E-state index is 0. The van der Waals surface area contributed by atoms with Crippen molar-refractivity contribution >= 4 is 22.7 Å². The predicted molar refractivity (Wildman–Crippen MR) is 170 cm³/mol. The summed E-state index contributed by atoms with van der Waals surface area (Å²) in [5, 5.41) is 0. The van der Waals surface area contributed by atoms with Crippen LogP contribution >= 0.6 is 22.7 Å². The van der Waals surface area contributed by atoms with Crippen LogP contribution in [0.3, 0.4) is 0 Å². The van der Waals surface area contributed by atoms with E-state index in [1.54, 1.807) is 11.3 Å². The van der Waals surface area contributed by atoms with Crippen LogP contribution in [0.2, 0.25) is 0 Å². The minimum atomic E-state index is -0.194. The summed E-state index contributed by atoms with van der Waals surface area (Å²) in [7, 11) is 0. The molecule has 0 atom stereocenters. The van der Waals surface area contributed by atoms with Gasteiger partial charge in [0.2, 0.25) is 0 Å². The second kappa shape index (κ2) is 14.6. The normalized spacial score (nSPS) is 10.4. The molecule has 2 aromatic heterocycles. The van der Waals surface area contributed by atoms with Gasteiger partial charge >= 0.3 is 19.5 Å². The molecule has 0 aliphatic carbocycles. The number of thiophene rings is 2. The van der Waals surface area contributed by atoms with E-state index in [1.807, 2.05) is 41.7 Å². The Hall–Kier alpha value is -3.17. The summed E-state index contributed by atoms with van der Waals surface area (Å²) in [4.78, 5) is 5.24. The van der Waals surface area contributed by atoms with Crippen LogP contribution in [0, 0.1) is 38.7 Å². The van der Waals surface area contributed by atoms with Gasteiger partial charge in [-0.25, -0.2) is 4.39 Å². The first-order chi connectivity index (χ1) is 19.4. The zero-order valence-electron chi connectivity index (χ0n) is 23.7. The molecule has 6 aromatic rings.